The maximum absolute atomic E-state index is 11.6. The zero-order chi connectivity index (χ0) is 12.0. The summed E-state index contributed by atoms with van der Waals surface area (Å²) in [7, 11) is 0. The lowest BCUT2D eigenvalue weighted by Crippen LogP contribution is -2.49. The van der Waals surface area contributed by atoms with E-state index >= 15 is 0 Å². The van der Waals surface area contributed by atoms with E-state index in [0.29, 0.717) is 19.1 Å². The minimum Gasteiger partial charge on any atom is -0.370 e. The van der Waals surface area contributed by atoms with Crippen molar-refractivity contribution in [2.24, 2.45) is 17.6 Å². The highest BCUT2D eigenvalue weighted by Crippen LogP contribution is 2.15. The Labute approximate surface area is 94.9 Å². The lowest BCUT2D eigenvalue weighted by molar-refractivity contribution is -0.127. The van der Waals surface area contributed by atoms with Gasteiger partial charge >= 0.3 is 0 Å². The summed E-state index contributed by atoms with van der Waals surface area (Å²) in [6.07, 6.45) is 0. The van der Waals surface area contributed by atoms with Gasteiger partial charge in [0, 0.05) is 12.5 Å². The number of carbonyl (C=O) groups excluding carboxylic acids is 2. The van der Waals surface area contributed by atoms with Gasteiger partial charge in [0.25, 0.3) is 0 Å². The van der Waals surface area contributed by atoms with Crippen molar-refractivity contribution >= 4 is 11.8 Å². The Morgan fingerprint density at radius 2 is 2.25 bits per heavy atom. The monoisotopic (exact) mass is 229 g/mol. The average molecular weight is 229 g/mol. The molecule has 0 radical (unpaired) electrons. The van der Waals surface area contributed by atoms with E-state index in [1.165, 1.54) is 0 Å². The molecule has 1 rings (SSSR count). The van der Waals surface area contributed by atoms with Gasteiger partial charge < -0.3 is 21.1 Å². The van der Waals surface area contributed by atoms with Gasteiger partial charge in [0.05, 0.1) is 6.61 Å². The summed E-state index contributed by atoms with van der Waals surface area (Å²) in [6, 6.07) is 0. The lowest BCUT2D eigenvalue weighted by atomic mass is 9.88. The predicted molar refractivity (Wildman–Crippen MR) is 58.5 cm³/mol. The molecule has 0 aliphatic carbocycles. The van der Waals surface area contributed by atoms with E-state index < -0.39 is 5.91 Å². The molecule has 1 aliphatic heterocycles. The Kier molecular flexibility index (Phi) is 5.21. The molecule has 1 unspecified atom stereocenters. The van der Waals surface area contributed by atoms with E-state index in [-0.39, 0.29) is 18.4 Å². The van der Waals surface area contributed by atoms with Crippen LogP contribution in [0.25, 0.3) is 0 Å². The van der Waals surface area contributed by atoms with Crippen LogP contribution >= 0.6 is 0 Å². The third-order valence-corrected chi connectivity index (χ3v) is 2.72. The quantitative estimate of drug-likeness (QED) is 0.461. The highest BCUT2D eigenvalue weighted by atomic mass is 16.5. The van der Waals surface area contributed by atoms with Gasteiger partial charge in [0.15, 0.2) is 0 Å². The molecule has 1 atom stereocenters. The number of nitrogens with one attached hydrogen (secondary N) is 2. The molecule has 1 aliphatic rings. The third-order valence-electron chi connectivity index (χ3n) is 2.72. The number of carbonyl (C=O) groups is 2. The van der Waals surface area contributed by atoms with Crippen LogP contribution < -0.4 is 16.4 Å². The number of ether oxygens (including phenoxy) is 1. The number of hydrogen-bond donors (Lipinski definition) is 3. The summed E-state index contributed by atoms with van der Waals surface area (Å²) in [6.45, 7) is 4.36. The van der Waals surface area contributed by atoms with Crippen molar-refractivity contribution in [3.8, 4) is 0 Å². The topological polar surface area (TPSA) is 93.4 Å². The molecule has 2 amide bonds. The highest BCUT2D eigenvalue weighted by Gasteiger charge is 2.28. The Balaban J connectivity index is 2.03. The molecule has 1 saturated heterocycles. The van der Waals surface area contributed by atoms with E-state index in [4.69, 9.17) is 10.5 Å². The second-order valence-corrected chi connectivity index (χ2v) is 4.02. The fourth-order valence-electron chi connectivity index (χ4n) is 1.46. The molecule has 1 fully saturated rings. The lowest BCUT2D eigenvalue weighted by Gasteiger charge is -2.31. The van der Waals surface area contributed by atoms with Gasteiger partial charge in [-0.3, -0.25) is 9.59 Å². The van der Waals surface area contributed by atoms with Crippen molar-refractivity contribution in [1.29, 1.82) is 0 Å². The SMILES string of the molecule is CC(C(=O)NCCOCC(N)=O)C1CNC1. The summed E-state index contributed by atoms with van der Waals surface area (Å²) in [5.74, 6) is -0.00154. The summed E-state index contributed by atoms with van der Waals surface area (Å²) >= 11 is 0. The van der Waals surface area contributed by atoms with Crippen LogP contribution in [0.1, 0.15) is 6.92 Å². The molecule has 6 heteroatoms. The van der Waals surface area contributed by atoms with Crippen molar-refractivity contribution in [1.82, 2.24) is 10.6 Å². The first-order valence-corrected chi connectivity index (χ1v) is 5.45. The molecular formula is C10H19N3O3. The second-order valence-electron chi connectivity index (χ2n) is 4.02. The van der Waals surface area contributed by atoms with Crippen LogP contribution in [-0.2, 0) is 14.3 Å². The van der Waals surface area contributed by atoms with Crippen molar-refractivity contribution in [3.63, 3.8) is 0 Å². The van der Waals surface area contributed by atoms with E-state index in [9.17, 15) is 9.59 Å². The number of amides is 2. The number of primary amides is 1. The normalized spacial score (nSPS) is 17.6. The molecule has 16 heavy (non-hydrogen) atoms. The third kappa shape index (κ3) is 4.16. The number of rotatable bonds is 7. The van der Waals surface area contributed by atoms with Gasteiger partial charge in [-0.2, -0.15) is 0 Å². The zero-order valence-corrected chi connectivity index (χ0v) is 9.49. The van der Waals surface area contributed by atoms with Gasteiger partial charge in [0.1, 0.15) is 6.61 Å². The Bertz CT molecular complexity index is 254. The molecule has 0 aromatic rings. The first kappa shape index (κ1) is 12.9. The summed E-state index contributed by atoms with van der Waals surface area (Å²) in [5, 5.41) is 5.89. The number of nitrogens with two attached hydrogens (primary N) is 1. The number of hydrogen-bond acceptors (Lipinski definition) is 4. The Morgan fingerprint density at radius 1 is 1.56 bits per heavy atom. The molecule has 1 heterocycles. The van der Waals surface area contributed by atoms with Gasteiger partial charge in [-0.15, -0.1) is 0 Å². The fourth-order valence-corrected chi connectivity index (χ4v) is 1.46. The maximum Gasteiger partial charge on any atom is 0.243 e. The molecule has 92 valence electrons. The summed E-state index contributed by atoms with van der Waals surface area (Å²) < 4.78 is 4.92. The maximum atomic E-state index is 11.6. The molecular weight excluding hydrogens is 210 g/mol. The van der Waals surface area contributed by atoms with Gasteiger partial charge in [-0.1, -0.05) is 6.92 Å². The Hall–Kier alpha value is -1.14. The minimum atomic E-state index is -0.500. The van der Waals surface area contributed by atoms with Gasteiger partial charge in [-0.05, 0) is 19.0 Å². The zero-order valence-electron chi connectivity index (χ0n) is 9.49. The van der Waals surface area contributed by atoms with E-state index in [1.807, 2.05) is 6.92 Å². The molecule has 4 N–H and O–H groups in total. The van der Waals surface area contributed by atoms with Crippen LogP contribution in [0, 0.1) is 11.8 Å². The van der Waals surface area contributed by atoms with Crippen molar-refractivity contribution in [3.05, 3.63) is 0 Å². The first-order chi connectivity index (χ1) is 7.61. The largest absolute Gasteiger partial charge is 0.370 e. The Morgan fingerprint density at radius 3 is 2.75 bits per heavy atom. The van der Waals surface area contributed by atoms with Crippen LogP contribution in [0.3, 0.4) is 0 Å². The second kappa shape index (κ2) is 6.44. The van der Waals surface area contributed by atoms with Crippen molar-refractivity contribution in [2.45, 2.75) is 6.92 Å². The van der Waals surface area contributed by atoms with Crippen LogP contribution in [0.5, 0.6) is 0 Å². The first-order valence-electron chi connectivity index (χ1n) is 5.45. The minimum absolute atomic E-state index is 0.0254. The summed E-state index contributed by atoms with van der Waals surface area (Å²) in [4.78, 5) is 21.9. The van der Waals surface area contributed by atoms with Gasteiger partial charge in [0.2, 0.25) is 11.8 Å². The van der Waals surface area contributed by atoms with Crippen LogP contribution in [0.15, 0.2) is 0 Å². The van der Waals surface area contributed by atoms with E-state index in [1.54, 1.807) is 0 Å². The van der Waals surface area contributed by atoms with Crippen molar-refractivity contribution in [2.75, 3.05) is 32.8 Å². The molecule has 0 saturated carbocycles. The predicted octanol–water partition coefficient (Wildman–Crippen LogP) is -1.54. The summed E-state index contributed by atoms with van der Waals surface area (Å²) in [5.41, 5.74) is 4.89. The standard InChI is InChI=1S/C10H19N3O3/c1-7(8-4-12-5-8)10(15)13-2-3-16-6-9(11)14/h7-8,12H,2-6H2,1H3,(H2,11,14)(H,13,15). The molecule has 0 spiro atoms. The molecule has 0 aromatic carbocycles. The molecule has 0 aromatic heterocycles. The van der Waals surface area contributed by atoms with Crippen LogP contribution in [0.2, 0.25) is 0 Å². The van der Waals surface area contributed by atoms with E-state index in [0.717, 1.165) is 13.1 Å². The van der Waals surface area contributed by atoms with Crippen LogP contribution in [-0.4, -0.2) is 44.7 Å². The fraction of sp³-hybridized carbons (Fsp3) is 0.800. The highest BCUT2D eigenvalue weighted by molar-refractivity contribution is 5.78. The average Bonchev–Trinajstić information content (AvgIpc) is 2.13. The van der Waals surface area contributed by atoms with E-state index in [2.05, 4.69) is 10.6 Å². The molecule has 6 nitrogen and oxygen atoms in total. The van der Waals surface area contributed by atoms with Crippen molar-refractivity contribution < 1.29 is 14.3 Å². The van der Waals surface area contributed by atoms with Crippen LogP contribution in [0.4, 0.5) is 0 Å². The molecule has 0 bridgehead atoms. The van der Waals surface area contributed by atoms with Gasteiger partial charge in [-0.25, -0.2) is 0 Å². The smallest absolute Gasteiger partial charge is 0.243 e.